The van der Waals surface area contributed by atoms with Crippen molar-refractivity contribution in [2.45, 2.75) is 19.5 Å². The van der Waals surface area contributed by atoms with Crippen LogP contribution in [0, 0.1) is 0 Å². The third-order valence-electron chi connectivity index (χ3n) is 4.56. The van der Waals surface area contributed by atoms with Crippen molar-refractivity contribution in [3.05, 3.63) is 72.3 Å². The number of thiocarbonyl (C=S) groups is 1. The standard InChI is InChI=1S/C20H23N5OS/c1-15(17-6-8-18(9-7-17)25-14-21-13-23-25)24(2)20(27)22-12-16-4-10-19(26-3)11-5-16/h4-11,13-15H,12H2,1-3H3,(H,22,27)/t15-/m1/s1. The van der Waals surface area contributed by atoms with E-state index < -0.39 is 0 Å². The molecule has 0 saturated carbocycles. The fourth-order valence-electron chi connectivity index (χ4n) is 2.69. The van der Waals surface area contributed by atoms with Crippen LogP contribution >= 0.6 is 12.2 Å². The van der Waals surface area contributed by atoms with E-state index in [-0.39, 0.29) is 6.04 Å². The Labute approximate surface area is 164 Å². The third kappa shape index (κ3) is 4.62. The Bertz CT molecular complexity index is 862. The molecule has 0 bridgehead atoms. The topological polar surface area (TPSA) is 55.2 Å². The molecule has 0 aliphatic rings. The highest BCUT2D eigenvalue weighted by atomic mass is 32.1. The average Bonchev–Trinajstić information content (AvgIpc) is 3.26. The zero-order valence-corrected chi connectivity index (χ0v) is 16.5. The summed E-state index contributed by atoms with van der Waals surface area (Å²) in [5, 5.41) is 8.17. The minimum atomic E-state index is 0.144. The molecular formula is C20H23N5OS. The first-order valence-electron chi connectivity index (χ1n) is 8.67. The Morgan fingerprint density at radius 2 is 1.89 bits per heavy atom. The molecule has 0 amide bonds. The first-order chi connectivity index (χ1) is 13.1. The van der Waals surface area contributed by atoms with Gasteiger partial charge in [0, 0.05) is 13.6 Å². The van der Waals surface area contributed by atoms with Crippen molar-refractivity contribution >= 4 is 17.3 Å². The third-order valence-corrected chi connectivity index (χ3v) is 5.00. The number of nitrogens with one attached hydrogen (secondary N) is 1. The predicted molar refractivity (Wildman–Crippen MR) is 110 cm³/mol. The monoisotopic (exact) mass is 381 g/mol. The normalized spacial score (nSPS) is 11.7. The van der Waals surface area contributed by atoms with Crippen LogP contribution in [-0.2, 0) is 6.54 Å². The smallest absolute Gasteiger partial charge is 0.169 e. The van der Waals surface area contributed by atoms with Crippen molar-refractivity contribution in [1.29, 1.82) is 0 Å². The quantitative estimate of drug-likeness (QED) is 0.661. The first kappa shape index (κ1) is 18.8. The molecule has 1 N–H and O–H groups in total. The summed E-state index contributed by atoms with van der Waals surface area (Å²) >= 11 is 5.56. The highest BCUT2D eigenvalue weighted by molar-refractivity contribution is 7.80. The Morgan fingerprint density at radius 3 is 2.48 bits per heavy atom. The van der Waals surface area contributed by atoms with E-state index in [0.717, 1.165) is 17.0 Å². The molecule has 3 aromatic rings. The maximum absolute atomic E-state index is 5.56. The lowest BCUT2D eigenvalue weighted by molar-refractivity contribution is 0.395. The van der Waals surface area contributed by atoms with Crippen LogP contribution in [0.25, 0.3) is 5.69 Å². The van der Waals surface area contributed by atoms with Crippen LogP contribution in [0.4, 0.5) is 0 Å². The summed E-state index contributed by atoms with van der Waals surface area (Å²) in [6.45, 7) is 2.80. The molecule has 0 radical (unpaired) electrons. The molecule has 1 heterocycles. The lowest BCUT2D eigenvalue weighted by Crippen LogP contribution is -2.38. The maximum atomic E-state index is 5.56. The van der Waals surface area contributed by atoms with Gasteiger partial charge in [0.05, 0.1) is 18.8 Å². The van der Waals surface area contributed by atoms with Crippen molar-refractivity contribution in [3.63, 3.8) is 0 Å². The number of hydrogen-bond acceptors (Lipinski definition) is 4. The molecule has 3 rings (SSSR count). The molecule has 0 spiro atoms. The maximum Gasteiger partial charge on any atom is 0.169 e. The first-order valence-corrected chi connectivity index (χ1v) is 9.08. The summed E-state index contributed by atoms with van der Waals surface area (Å²) in [6, 6.07) is 16.3. The lowest BCUT2D eigenvalue weighted by Gasteiger charge is -2.28. The number of nitrogens with zero attached hydrogens (tertiary/aromatic N) is 4. The zero-order valence-electron chi connectivity index (χ0n) is 15.7. The summed E-state index contributed by atoms with van der Waals surface area (Å²) in [4.78, 5) is 6.03. The van der Waals surface area contributed by atoms with Crippen molar-refractivity contribution < 1.29 is 4.74 Å². The zero-order chi connectivity index (χ0) is 19.2. The van der Waals surface area contributed by atoms with Gasteiger partial charge in [-0.15, -0.1) is 0 Å². The van der Waals surface area contributed by atoms with Crippen LogP contribution in [0.2, 0.25) is 0 Å². The van der Waals surface area contributed by atoms with Crippen LogP contribution in [0.15, 0.2) is 61.2 Å². The van der Waals surface area contributed by atoms with Crippen LogP contribution in [0.5, 0.6) is 5.75 Å². The number of hydrogen-bond donors (Lipinski definition) is 1. The fraction of sp³-hybridized carbons (Fsp3) is 0.250. The second kappa shape index (κ2) is 8.64. The van der Waals surface area contributed by atoms with E-state index in [1.807, 2.05) is 43.4 Å². The highest BCUT2D eigenvalue weighted by Gasteiger charge is 2.14. The van der Waals surface area contributed by atoms with Gasteiger partial charge in [0.25, 0.3) is 0 Å². The minimum absolute atomic E-state index is 0.144. The van der Waals surface area contributed by atoms with E-state index in [9.17, 15) is 0 Å². The van der Waals surface area contributed by atoms with E-state index in [1.165, 1.54) is 11.9 Å². The SMILES string of the molecule is COc1ccc(CNC(=S)N(C)[C@H](C)c2ccc(-n3cncn3)cc2)cc1. The molecule has 6 nitrogen and oxygen atoms in total. The van der Waals surface area contributed by atoms with Gasteiger partial charge in [-0.25, -0.2) is 9.67 Å². The number of benzene rings is 2. The second-order valence-corrected chi connectivity index (χ2v) is 6.61. The second-order valence-electron chi connectivity index (χ2n) is 6.23. The number of aromatic nitrogens is 3. The van der Waals surface area contributed by atoms with Gasteiger partial charge in [0.15, 0.2) is 5.11 Å². The summed E-state index contributed by atoms with van der Waals surface area (Å²) in [7, 11) is 3.66. The van der Waals surface area contributed by atoms with E-state index in [0.29, 0.717) is 11.7 Å². The molecule has 0 saturated heterocycles. The molecule has 2 aromatic carbocycles. The van der Waals surface area contributed by atoms with Gasteiger partial charge in [0.2, 0.25) is 0 Å². The predicted octanol–water partition coefficient (Wildman–Crippen LogP) is 3.34. The van der Waals surface area contributed by atoms with E-state index in [4.69, 9.17) is 17.0 Å². The molecule has 0 unspecified atom stereocenters. The molecule has 0 aliphatic heterocycles. The Kier molecular flexibility index (Phi) is 6.03. The molecule has 0 aliphatic carbocycles. The molecular weight excluding hydrogens is 358 g/mol. The van der Waals surface area contributed by atoms with Gasteiger partial charge >= 0.3 is 0 Å². The Morgan fingerprint density at radius 1 is 1.19 bits per heavy atom. The van der Waals surface area contributed by atoms with E-state index in [2.05, 4.69) is 39.4 Å². The van der Waals surface area contributed by atoms with Crippen LogP contribution in [0.1, 0.15) is 24.1 Å². The summed E-state index contributed by atoms with van der Waals surface area (Å²) < 4.78 is 6.92. The van der Waals surface area contributed by atoms with Crippen LogP contribution < -0.4 is 10.1 Å². The van der Waals surface area contributed by atoms with Crippen molar-refractivity contribution in [1.82, 2.24) is 25.0 Å². The van der Waals surface area contributed by atoms with Crippen molar-refractivity contribution in [2.75, 3.05) is 14.2 Å². The van der Waals surface area contributed by atoms with Crippen LogP contribution in [0.3, 0.4) is 0 Å². The van der Waals surface area contributed by atoms with Crippen molar-refractivity contribution in [2.24, 2.45) is 0 Å². The molecule has 27 heavy (non-hydrogen) atoms. The van der Waals surface area contributed by atoms with Gasteiger partial charge in [0.1, 0.15) is 18.4 Å². The van der Waals surface area contributed by atoms with Crippen LogP contribution in [-0.4, -0.2) is 38.9 Å². The highest BCUT2D eigenvalue weighted by Crippen LogP contribution is 2.20. The van der Waals surface area contributed by atoms with E-state index in [1.54, 1.807) is 18.1 Å². The van der Waals surface area contributed by atoms with Gasteiger partial charge in [-0.1, -0.05) is 24.3 Å². The van der Waals surface area contributed by atoms with Gasteiger partial charge in [-0.2, -0.15) is 5.10 Å². The Hall–Kier alpha value is -2.93. The molecule has 140 valence electrons. The van der Waals surface area contributed by atoms with Gasteiger partial charge in [-0.05, 0) is 54.5 Å². The lowest BCUT2D eigenvalue weighted by atomic mass is 10.1. The molecule has 7 heteroatoms. The summed E-state index contributed by atoms with van der Waals surface area (Å²) in [6.07, 6.45) is 3.21. The van der Waals surface area contributed by atoms with Gasteiger partial charge in [-0.3, -0.25) is 0 Å². The summed E-state index contributed by atoms with van der Waals surface area (Å²) in [5.74, 6) is 0.849. The van der Waals surface area contributed by atoms with Gasteiger partial charge < -0.3 is 15.0 Å². The largest absolute Gasteiger partial charge is 0.497 e. The fourth-order valence-corrected chi connectivity index (χ4v) is 2.92. The molecule has 0 fully saturated rings. The number of ether oxygens (including phenoxy) is 1. The molecule has 1 aromatic heterocycles. The van der Waals surface area contributed by atoms with E-state index >= 15 is 0 Å². The van der Waals surface area contributed by atoms with Crippen molar-refractivity contribution in [3.8, 4) is 11.4 Å². The number of methoxy groups -OCH3 is 1. The molecule has 1 atom stereocenters. The minimum Gasteiger partial charge on any atom is -0.497 e. The average molecular weight is 382 g/mol. The number of rotatable bonds is 6. The Balaban J connectivity index is 1.58. The summed E-state index contributed by atoms with van der Waals surface area (Å²) in [5.41, 5.74) is 3.30.